The number of hydrogen-bond donors (Lipinski definition) is 0. The van der Waals surface area contributed by atoms with Gasteiger partial charge < -0.3 is 14.4 Å². The van der Waals surface area contributed by atoms with Gasteiger partial charge in [0.15, 0.2) is 0 Å². The van der Waals surface area contributed by atoms with Gasteiger partial charge in [-0.3, -0.25) is 9.69 Å². The van der Waals surface area contributed by atoms with E-state index in [0.29, 0.717) is 12.5 Å². The molecule has 1 aromatic rings. The summed E-state index contributed by atoms with van der Waals surface area (Å²) in [4.78, 5) is 15.6. The molecule has 2 aliphatic heterocycles. The van der Waals surface area contributed by atoms with Crippen molar-refractivity contribution in [2.45, 2.75) is 38.3 Å². The topological polar surface area (TPSA) is 42.0 Å². The molecule has 0 radical (unpaired) electrons. The fourth-order valence-corrected chi connectivity index (χ4v) is 4.04. The summed E-state index contributed by atoms with van der Waals surface area (Å²) < 4.78 is 11.7. The quantitative estimate of drug-likeness (QED) is 0.701. The van der Waals surface area contributed by atoms with Crippen molar-refractivity contribution < 1.29 is 14.3 Å². The lowest BCUT2D eigenvalue weighted by atomic mass is 9.79. The number of rotatable bonds is 7. The maximum absolute atomic E-state index is 11.5. The molecule has 0 aliphatic carbocycles. The Kier molecular flexibility index (Phi) is 6.33. The molecule has 1 unspecified atom stereocenters. The molecule has 0 aromatic heterocycles. The van der Waals surface area contributed by atoms with Crippen molar-refractivity contribution in [3.63, 3.8) is 0 Å². The van der Waals surface area contributed by atoms with Crippen LogP contribution in [0.15, 0.2) is 24.3 Å². The van der Waals surface area contributed by atoms with Gasteiger partial charge in [-0.25, -0.2) is 0 Å². The van der Waals surface area contributed by atoms with Crippen LogP contribution in [-0.2, 0) is 20.8 Å². The number of likely N-dealkylation sites (N-methyl/N-ethyl adjacent to an activating group) is 1. The third-order valence-corrected chi connectivity index (χ3v) is 5.67. The fraction of sp³-hybridized carbons (Fsp3) is 0.667. The minimum absolute atomic E-state index is 0.0271. The smallest absolute Gasteiger partial charge is 0.248 e. The Bertz CT molecular complexity index is 611. The third kappa shape index (κ3) is 4.84. The maximum Gasteiger partial charge on any atom is 0.248 e. The summed E-state index contributed by atoms with van der Waals surface area (Å²) in [5, 5.41) is 0. The van der Waals surface area contributed by atoms with Crippen molar-refractivity contribution in [1.29, 1.82) is 0 Å². The number of aryl methyl sites for hydroxylation is 1. The summed E-state index contributed by atoms with van der Waals surface area (Å²) in [6.07, 6.45) is 3.23. The van der Waals surface area contributed by atoms with E-state index in [4.69, 9.17) is 9.47 Å². The zero-order valence-corrected chi connectivity index (χ0v) is 16.4. The summed E-state index contributed by atoms with van der Waals surface area (Å²) in [6.45, 7) is 6.94. The lowest BCUT2D eigenvalue weighted by Gasteiger charge is -2.53. The highest BCUT2D eigenvalue weighted by molar-refractivity contribution is 5.76. The number of carbonyl (C=O) groups excluding carboxylic acids is 1. The van der Waals surface area contributed by atoms with Crippen LogP contribution in [0.25, 0.3) is 0 Å². The first-order chi connectivity index (χ1) is 12.5. The van der Waals surface area contributed by atoms with Gasteiger partial charge in [-0.2, -0.15) is 0 Å². The van der Waals surface area contributed by atoms with Gasteiger partial charge in [0.1, 0.15) is 6.61 Å². The lowest BCUT2D eigenvalue weighted by molar-refractivity contribution is -0.182. The first-order valence-electron chi connectivity index (χ1n) is 9.66. The summed E-state index contributed by atoms with van der Waals surface area (Å²) in [6, 6.07) is 8.61. The summed E-state index contributed by atoms with van der Waals surface area (Å²) in [5.41, 5.74) is 2.82. The second kappa shape index (κ2) is 8.51. The predicted octanol–water partition coefficient (Wildman–Crippen LogP) is 2.47. The molecule has 0 N–H and O–H groups in total. The molecular weight excluding hydrogens is 328 g/mol. The van der Waals surface area contributed by atoms with Crippen molar-refractivity contribution in [2.24, 2.45) is 5.92 Å². The average molecular weight is 360 g/mol. The molecule has 2 fully saturated rings. The van der Waals surface area contributed by atoms with E-state index in [1.165, 1.54) is 11.1 Å². The molecular formula is C21H32N2O3. The molecule has 1 aromatic carbocycles. The number of carbonyl (C=O) groups is 1. The minimum Gasteiger partial charge on any atom is -0.372 e. The predicted molar refractivity (Wildman–Crippen MR) is 102 cm³/mol. The number of amides is 1. The van der Waals surface area contributed by atoms with Crippen molar-refractivity contribution in [3.8, 4) is 0 Å². The molecule has 0 saturated carbocycles. The first kappa shape index (κ1) is 19.3. The van der Waals surface area contributed by atoms with Crippen molar-refractivity contribution in [2.75, 3.05) is 47.0 Å². The molecule has 1 spiro atoms. The van der Waals surface area contributed by atoms with Crippen LogP contribution in [0, 0.1) is 12.8 Å². The van der Waals surface area contributed by atoms with Crippen LogP contribution in [0.2, 0.25) is 0 Å². The molecule has 2 saturated heterocycles. The highest BCUT2D eigenvalue weighted by atomic mass is 16.5. The summed E-state index contributed by atoms with van der Waals surface area (Å²) >= 11 is 0. The van der Waals surface area contributed by atoms with Crippen LogP contribution in [0.1, 0.15) is 30.4 Å². The normalized spacial score (nSPS) is 22.2. The highest BCUT2D eigenvalue weighted by Crippen LogP contribution is 2.38. The number of hydrogen-bond acceptors (Lipinski definition) is 4. The van der Waals surface area contributed by atoms with E-state index in [1.807, 2.05) is 0 Å². The summed E-state index contributed by atoms with van der Waals surface area (Å²) in [5.74, 6) is 0.665. The Morgan fingerprint density at radius 3 is 2.85 bits per heavy atom. The van der Waals surface area contributed by atoms with Crippen molar-refractivity contribution >= 4 is 5.91 Å². The maximum atomic E-state index is 11.5. The van der Waals surface area contributed by atoms with Crippen LogP contribution in [0.5, 0.6) is 0 Å². The van der Waals surface area contributed by atoms with Crippen molar-refractivity contribution in [3.05, 3.63) is 35.4 Å². The lowest BCUT2D eigenvalue weighted by Crippen LogP contribution is -2.64. The van der Waals surface area contributed by atoms with E-state index in [2.05, 4.69) is 36.1 Å². The second-order valence-electron chi connectivity index (χ2n) is 8.09. The first-order valence-corrected chi connectivity index (χ1v) is 9.66. The van der Waals surface area contributed by atoms with Gasteiger partial charge in [0, 0.05) is 46.9 Å². The number of likely N-dealkylation sites (tertiary alicyclic amines) is 1. The largest absolute Gasteiger partial charge is 0.372 e. The Hall–Kier alpha value is -1.43. The van der Waals surface area contributed by atoms with E-state index in [1.54, 1.807) is 19.0 Å². The Labute approximate surface area is 157 Å². The molecule has 2 aliphatic rings. The van der Waals surface area contributed by atoms with Gasteiger partial charge in [-0.15, -0.1) is 0 Å². The van der Waals surface area contributed by atoms with E-state index in [9.17, 15) is 4.79 Å². The Morgan fingerprint density at radius 1 is 1.35 bits per heavy atom. The van der Waals surface area contributed by atoms with Gasteiger partial charge in [-0.1, -0.05) is 24.3 Å². The zero-order chi connectivity index (χ0) is 18.6. The SMILES string of the molecule is Cc1ccccc1CN1CC2(CC(CCOCC(=O)N(C)C)CCO2)C1. The zero-order valence-electron chi connectivity index (χ0n) is 16.4. The van der Waals surface area contributed by atoms with Gasteiger partial charge in [0.25, 0.3) is 0 Å². The van der Waals surface area contributed by atoms with Crippen molar-refractivity contribution in [1.82, 2.24) is 9.80 Å². The standard InChI is InChI=1S/C21H32N2O3/c1-17-6-4-5-7-19(17)13-23-15-21(16-23)12-18(9-11-26-21)8-10-25-14-20(24)22(2)3/h4-7,18H,8-16H2,1-3H3. The van der Waals surface area contributed by atoms with Gasteiger partial charge in [0.2, 0.25) is 5.91 Å². The van der Waals surface area contributed by atoms with Crippen LogP contribution in [-0.4, -0.2) is 68.3 Å². The van der Waals surface area contributed by atoms with Gasteiger partial charge in [0.05, 0.1) is 5.60 Å². The number of ether oxygens (including phenoxy) is 2. The van der Waals surface area contributed by atoms with Gasteiger partial charge in [-0.05, 0) is 43.2 Å². The molecule has 3 rings (SSSR count). The summed E-state index contributed by atoms with van der Waals surface area (Å²) in [7, 11) is 3.51. The molecule has 26 heavy (non-hydrogen) atoms. The minimum atomic E-state index is 0.0271. The van der Waals surface area contributed by atoms with E-state index in [-0.39, 0.29) is 18.1 Å². The molecule has 1 atom stereocenters. The van der Waals surface area contributed by atoms with E-state index >= 15 is 0 Å². The van der Waals surface area contributed by atoms with Gasteiger partial charge >= 0.3 is 0 Å². The second-order valence-corrected chi connectivity index (χ2v) is 8.09. The van der Waals surface area contributed by atoms with Crippen LogP contribution in [0.3, 0.4) is 0 Å². The van der Waals surface area contributed by atoms with Crippen LogP contribution >= 0.6 is 0 Å². The molecule has 1 amide bonds. The fourth-order valence-electron chi connectivity index (χ4n) is 4.04. The number of nitrogens with zero attached hydrogens (tertiary/aromatic N) is 2. The average Bonchev–Trinajstić information content (AvgIpc) is 2.59. The Morgan fingerprint density at radius 2 is 2.12 bits per heavy atom. The van der Waals surface area contributed by atoms with Crippen LogP contribution < -0.4 is 0 Å². The molecule has 5 heteroatoms. The van der Waals surface area contributed by atoms with E-state index < -0.39 is 0 Å². The number of benzene rings is 1. The third-order valence-electron chi connectivity index (χ3n) is 5.67. The monoisotopic (exact) mass is 360 g/mol. The highest BCUT2D eigenvalue weighted by Gasteiger charge is 2.47. The molecule has 0 bridgehead atoms. The Balaban J connectivity index is 1.39. The van der Waals surface area contributed by atoms with Crippen LogP contribution in [0.4, 0.5) is 0 Å². The molecule has 144 valence electrons. The molecule has 2 heterocycles. The van der Waals surface area contributed by atoms with E-state index in [0.717, 1.165) is 45.5 Å². The molecule has 5 nitrogen and oxygen atoms in total.